The minimum absolute atomic E-state index is 0.181. The Hall–Kier alpha value is 0.137. The van der Waals surface area contributed by atoms with Gasteiger partial charge in [-0.1, -0.05) is 27.7 Å². The second kappa shape index (κ2) is 3.32. The highest BCUT2D eigenvalue weighted by Crippen LogP contribution is 2.51. The predicted molar refractivity (Wildman–Crippen MR) is 61.9 cm³/mol. The van der Waals surface area contributed by atoms with Gasteiger partial charge in [0.15, 0.2) is 8.32 Å². The quantitative estimate of drug-likeness (QED) is 0.735. The summed E-state index contributed by atoms with van der Waals surface area (Å²) in [7, 11) is -1.70. The van der Waals surface area contributed by atoms with Crippen LogP contribution in [-0.4, -0.2) is 25.6 Å². The molecule has 0 heterocycles. The fourth-order valence-corrected chi connectivity index (χ4v) is 3.19. The van der Waals surface area contributed by atoms with Crippen LogP contribution in [-0.2, 0) is 4.43 Å². The summed E-state index contributed by atoms with van der Waals surface area (Å²) in [5.41, 5.74) is -0.191. The molecule has 1 aliphatic rings. The molecule has 0 saturated heterocycles. The molecule has 14 heavy (non-hydrogen) atoms. The molecule has 0 radical (unpaired) electrons. The highest BCUT2D eigenvalue weighted by atomic mass is 28.4. The molecular weight excluding hydrogens is 192 g/mol. The van der Waals surface area contributed by atoms with Gasteiger partial charge in [-0.25, -0.2) is 0 Å². The molecule has 1 fully saturated rings. The molecule has 1 saturated carbocycles. The third kappa shape index (κ3) is 2.04. The van der Waals surface area contributed by atoms with E-state index in [9.17, 15) is 5.11 Å². The molecule has 2 atom stereocenters. The predicted octanol–water partition coefficient (Wildman–Crippen LogP) is 2.78. The Bertz CT molecular complexity index is 216. The van der Waals surface area contributed by atoms with Crippen LogP contribution < -0.4 is 0 Å². The molecule has 0 unspecified atom stereocenters. The molecule has 84 valence electrons. The summed E-state index contributed by atoms with van der Waals surface area (Å²) in [6, 6.07) is 0. The highest BCUT2D eigenvalue weighted by molar-refractivity contribution is 6.74. The molecule has 0 aromatic carbocycles. The minimum Gasteiger partial charge on any atom is -0.409 e. The summed E-state index contributed by atoms with van der Waals surface area (Å²) in [4.78, 5) is 0. The molecule has 2 nitrogen and oxygen atoms in total. The largest absolute Gasteiger partial charge is 0.409 e. The zero-order valence-corrected chi connectivity index (χ0v) is 11.3. The van der Waals surface area contributed by atoms with Gasteiger partial charge in [-0.2, -0.15) is 0 Å². The van der Waals surface area contributed by atoms with E-state index in [1.165, 1.54) is 0 Å². The van der Waals surface area contributed by atoms with Crippen LogP contribution in [0.1, 0.15) is 34.1 Å². The monoisotopic (exact) mass is 216 g/mol. The first-order chi connectivity index (χ1) is 6.15. The van der Waals surface area contributed by atoms with Crippen LogP contribution in [0.4, 0.5) is 0 Å². The summed E-state index contributed by atoms with van der Waals surface area (Å²) < 4.78 is 6.25. The van der Waals surface area contributed by atoms with Crippen LogP contribution >= 0.6 is 0 Å². The molecule has 0 aromatic heterocycles. The molecule has 1 aliphatic carbocycles. The van der Waals surface area contributed by atoms with Gasteiger partial charge in [0.2, 0.25) is 0 Å². The van der Waals surface area contributed by atoms with Crippen molar-refractivity contribution in [2.24, 2.45) is 5.92 Å². The van der Waals surface area contributed by atoms with Crippen LogP contribution in [0.2, 0.25) is 18.1 Å². The Kier molecular flexibility index (Phi) is 2.90. The topological polar surface area (TPSA) is 29.5 Å². The van der Waals surface area contributed by atoms with Crippen molar-refractivity contribution in [3.05, 3.63) is 0 Å². The van der Waals surface area contributed by atoms with Gasteiger partial charge in [-0.05, 0) is 30.5 Å². The van der Waals surface area contributed by atoms with Crippen molar-refractivity contribution in [1.82, 2.24) is 0 Å². The van der Waals surface area contributed by atoms with E-state index in [1.807, 2.05) is 0 Å². The number of rotatable bonds is 3. The maximum atomic E-state index is 9.35. The van der Waals surface area contributed by atoms with Crippen molar-refractivity contribution in [1.29, 1.82) is 0 Å². The van der Waals surface area contributed by atoms with Crippen molar-refractivity contribution in [2.75, 3.05) is 6.61 Å². The van der Waals surface area contributed by atoms with Crippen molar-refractivity contribution in [3.8, 4) is 0 Å². The van der Waals surface area contributed by atoms with Crippen LogP contribution in [0.25, 0.3) is 0 Å². The van der Waals surface area contributed by atoms with Gasteiger partial charge < -0.3 is 9.53 Å². The second-order valence-corrected chi connectivity index (χ2v) is 10.9. The third-order valence-electron chi connectivity index (χ3n) is 3.92. The Labute approximate surface area is 88.8 Å². The molecular formula is C11H24O2Si. The third-order valence-corrected chi connectivity index (χ3v) is 8.45. The average Bonchev–Trinajstić information content (AvgIpc) is 2.59. The Morgan fingerprint density at radius 3 is 2.07 bits per heavy atom. The minimum atomic E-state index is -1.70. The van der Waals surface area contributed by atoms with Crippen LogP contribution in [0.5, 0.6) is 0 Å². The van der Waals surface area contributed by atoms with E-state index < -0.39 is 8.32 Å². The van der Waals surface area contributed by atoms with E-state index in [-0.39, 0.29) is 17.2 Å². The van der Waals surface area contributed by atoms with E-state index in [1.54, 1.807) is 0 Å². The fraction of sp³-hybridized carbons (Fsp3) is 1.00. The lowest BCUT2D eigenvalue weighted by molar-refractivity contribution is 0.0709. The number of hydrogen-bond donors (Lipinski definition) is 1. The van der Waals surface area contributed by atoms with E-state index >= 15 is 0 Å². The lowest BCUT2D eigenvalue weighted by atomic mass is 10.2. The highest BCUT2D eigenvalue weighted by Gasteiger charge is 2.56. The summed E-state index contributed by atoms with van der Waals surface area (Å²) in [6.07, 6.45) is 1.02. The first-order valence-electron chi connectivity index (χ1n) is 5.46. The first-order valence-corrected chi connectivity index (χ1v) is 8.36. The molecule has 1 N–H and O–H groups in total. The van der Waals surface area contributed by atoms with E-state index in [4.69, 9.17) is 4.43 Å². The van der Waals surface area contributed by atoms with Gasteiger partial charge in [0.1, 0.15) is 0 Å². The summed E-state index contributed by atoms with van der Waals surface area (Å²) in [5.74, 6) is 0.529. The molecule has 0 amide bonds. The van der Waals surface area contributed by atoms with Gasteiger partial charge in [-0.15, -0.1) is 0 Å². The van der Waals surface area contributed by atoms with Crippen LogP contribution in [0, 0.1) is 5.92 Å². The van der Waals surface area contributed by atoms with Crippen LogP contribution in [0.3, 0.4) is 0 Å². The van der Waals surface area contributed by atoms with E-state index in [0.29, 0.717) is 5.92 Å². The van der Waals surface area contributed by atoms with Gasteiger partial charge in [0.05, 0.1) is 12.2 Å². The standard InChI is InChI=1S/C11H24O2Si/c1-9-7-11(9,8-12)13-14(5,6)10(2,3)4/h9,12H,7-8H2,1-6H3/t9-,11-/m1/s1. The van der Waals surface area contributed by atoms with Crippen LogP contribution in [0.15, 0.2) is 0 Å². The molecule has 0 bridgehead atoms. The van der Waals surface area contributed by atoms with E-state index in [2.05, 4.69) is 40.8 Å². The summed E-state index contributed by atoms with van der Waals surface area (Å²) in [5, 5.41) is 9.59. The average molecular weight is 216 g/mol. The Morgan fingerprint density at radius 2 is 1.86 bits per heavy atom. The smallest absolute Gasteiger partial charge is 0.192 e. The molecule has 0 spiro atoms. The second-order valence-electron chi connectivity index (χ2n) is 6.19. The van der Waals surface area contributed by atoms with Gasteiger partial charge in [0, 0.05) is 0 Å². The van der Waals surface area contributed by atoms with E-state index in [0.717, 1.165) is 6.42 Å². The summed E-state index contributed by atoms with van der Waals surface area (Å²) >= 11 is 0. The molecule has 3 heteroatoms. The maximum Gasteiger partial charge on any atom is 0.192 e. The maximum absolute atomic E-state index is 9.35. The van der Waals surface area contributed by atoms with Gasteiger partial charge in [0.25, 0.3) is 0 Å². The normalized spacial score (nSPS) is 33.2. The van der Waals surface area contributed by atoms with Crippen molar-refractivity contribution in [2.45, 2.75) is 57.8 Å². The number of hydrogen-bond acceptors (Lipinski definition) is 2. The lowest BCUT2D eigenvalue weighted by Crippen LogP contribution is -2.46. The zero-order valence-electron chi connectivity index (χ0n) is 10.3. The zero-order chi connectivity index (χ0) is 11.2. The first kappa shape index (κ1) is 12.2. The lowest BCUT2D eigenvalue weighted by Gasteiger charge is -2.39. The molecule has 0 aliphatic heterocycles. The number of aliphatic hydroxyl groups is 1. The SMILES string of the molecule is C[C@@H]1C[C@]1(CO)O[Si](C)(C)C(C)(C)C. The Morgan fingerprint density at radius 1 is 1.43 bits per heavy atom. The fourth-order valence-electron chi connectivity index (χ4n) is 1.52. The summed E-state index contributed by atoms with van der Waals surface area (Å²) in [6.45, 7) is 13.5. The number of aliphatic hydroxyl groups excluding tert-OH is 1. The molecule has 0 aromatic rings. The van der Waals surface area contributed by atoms with Crippen molar-refractivity contribution >= 4 is 8.32 Å². The van der Waals surface area contributed by atoms with Gasteiger partial charge in [-0.3, -0.25) is 0 Å². The van der Waals surface area contributed by atoms with Crippen molar-refractivity contribution in [3.63, 3.8) is 0 Å². The Balaban J connectivity index is 2.69. The van der Waals surface area contributed by atoms with Gasteiger partial charge >= 0.3 is 0 Å². The molecule has 1 rings (SSSR count). The van der Waals surface area contributed by atoms with Crippen molar-refractivity contribution < 1.29 is 9.53 Å².